The summed E-state index contributed by atoms with van der Waals surface area (Å²) in [5.41, 5.74) is -0.158. The van der Waals surface area contributed by atoms with E-state index in [1.807, 2.05) is 36.4 Å². The zero-order valence-electron chi connectivity index (χ0n) is 16.0. The fourth-order valence-corrected chi connectivity index (χ4v) is 5.44. The molecular weight excluding hydrogens is 396 g/mol. The fraction of sp³-hybridized carbons (Fsp3) is 0. The SMILES string of the molecule is O=C(O)c1ccc(Oc2ccc([SH](c3ccccc3)c3ccccc3)cc2)cc1O. The molecule has 0 spiro atoms. The molecule has 0 saturated heterocycles. The number of hydrogen-bond acceptors (Lipinski definition) is 3. The van der Waals surface area contributed by atoms with Gasteiger partial charge in [0.25, 0.3) is 0 Å². The van der Waals surface area contributed by atoms with Crippen molar-refractivity contribution in [3.63, 3.8) is 0 Å². The van der Waals surface area contributed by atoms with Gasteiger partial charge in [-0.25, -0.2) is 4.79 Å². The van der Waals surface area contributed by atoms with Gasteiger partial charge in [0.2, 0.25) is 0 Å². The largest absolute Gasteiger partial charge is 0.507 e. The Balaban J connectivity index is 1.61. The lowest BCUT2D eigenvalue weighted by Gasteiger charge is -2.23. The van der Waals surface area contributed by atoms with Crippen molar-refractivity contribution >= 4 is 16.9 Å². The highest BCUT2D eigenvalue weighted by molar-refractivity contribution is 8.17. The lowest BCUT2D eigenvalue weighted by molar-refractivity contribution is 0.0693. The zero-order valence-corrected chi connectivity index (χ0v) is 16.9. The molecule has 0 aliphatic carbocycles. The van der Waals surface area contributed by atoms with Gasteiger partial charge in [-0.15, -0.1) is 0 Å². The highest BCUT2D eigenvalue weighted by atomic mass is 32.2. The van der Waals surface area contributed by atoms with Crippen molar-refractivity contribution in [1.82, 2.24) is 0 Å². The number of aromatic carboxylic acids is 1. The molecule has 0 aliphatic heterocycles. The molecule has 0 amide bonds. The summed E-state index contributed by atoms with van der Waals surface area (Å²) < 4.78 is 5.79. The highest BCUT2D eigenvalue weighted by Crippen LogP contribution is 2.51. The summed E-state index contributed by atoms with van der Waals surface area (Å²) in [6.45, 7) is 0. The van der Waals surface area contributed by atoms with Gasteiger partial charge in [-0.2, -0.15) is 10.9 Å². The summed E-state index contributed by atoms with van der Waals surface area (Å²) in [6, 6.07) is 32.9. The van der Waals surface area contributed by atoms with Crippen molar-refractivity contribution in [1.29, 1.82) is 0 Å². The summed E-state index contributed by atoms with van der Waals surface area (Å²) >= 11 is 0. The number of benzene rings is 4. The first-order valence-corrected chi connectivity index (χ1v) is 10.7. The molecule has 0 bridgehead atoms. The summed E-state index contributed by atoms with van der Waals surface area (Å²) in [5.74, 6) is -0.525. The number of aromatic hydroxyl groups is 1. The number of ether oxygens (including phenoxy) is 1. The quantitative estimate of drug-likeness (QED) is 0.320. The normalized spacial score (nSPS) is 11.0. The Morgan fingerprint density at radius 1 is 0.667 bits per heavy atom. The van der Waals surface area contributed by atoms with Crippen molar-refractivity contribution in [3.05, 3.63) is 109 Å². The van der Waals surface area contributed by atoms with E-state index in [1.54, 1.807) is 0 Å². The van der Waals surface area contributed by atoms with Crippen molar-refractivity contribution in [3.8, 4) is 17.2 Å². The van der Waals surface area contributed by atoms with Crippen LogP contribution in [-0.2, 0) is 0 Å². The molecular formula is C25H20O4S. The van der Waals surface area contributed by atoms with Crippen LogP contribution in [0.4, 0.5) is 0 Å². The molecule has 0 saturated carbocycles. The minimum atomic E-state index is -1.18. The van der Waals surface area contributed by atoms with Crippen molar-refractivity contribution in [2.75, 3.05) is 0 Å². The van der Waals surface area contributed by atoms with Crippen LogP contribution in [0.15, 0.2) is 118 Å². The number of carboxylic acids is 1. The van der Waals surface area contributed by atoms with Crippen molar-refractivity contribution in [2.45, 2.75) is 14.7 Å². The summed E-state index contributed by atoms with van der Waals surface area (Å²) in [6.07, 6.45) is 0. The van der Waals surface area contributed by atoms with E-state index in [-0.39, 0.29) is 11.3 Å². The Morgan fingerprint density at radius 3 is 1.67 bits per heavy atom. The monoisotopic (exact) mass is 416 g/mol. The maximum atomic E-state index is 11.0. The van der Waals surface area contributed by atoms with E-state index in [2.05, 4.69) is 48.5 Å². The summed E-state index contributed by atoms with van der Waals surface area (Å²) in [7, 11) is -0.695. The third-order valence-electron chi connectivity index (χ3n) is 4.56. The molecule has 0 aliphatic rings. The third kappa shape index (κ3) is 4.31. The predicted molar refractivity (Wildman–Crippen MR) is 118 cm³/mol. The molecule has 0 unspecified atom stereocenters. The van der Waals surface area contributed by atoms with Gasteiger partial charge in [0.05, 0.1) is 0 Å². The maximum Gasteiger partial charge on any atom is 0.339 e. The van der Waals surface area contributed by atoms with Crippen LogP contribution in [0.25, 0.3) is 0 Å². The van der Waals surface area contributed by atoms with Gasteiger partial charge < -0.3 is 14.9 Å². The Kier molecular flexibility index (Phi) is 5.72. The molecule has 4 nitrogen and oxygen atoms in total. The first-order chi connectivity index (χ1) is 14.6. The molecule has 0 heterocycles. The molecule has 150 valence electrons. The van der Waals surface area contributed by atoms with Crippen LogP contribution in [0.2, 0.25) is 0 Å². The number of hydrogen-bond donors (Lipinski definition) is 3. The molecule has 0 aromatic heterocycles. The van der Waals surface area contributed by atoms with Gasteiger partial charge in [-0.3, -0.25) is 0 Å². The van der Waals surface area contributed by atoms with Gasteiger partial charge in [0, 0.05) is 6.07 Å². The van der Waals surface area contributed by atoms with Crippen molar-refractivity contribution in [2.24, 2.45) is 0 Å². The second-order valence-corrected chi connectivity index (χ2v) is 8.81. The van der Waals surface area contributed by atoms with E-state index < -0.39 is 16.9 Å². The Bertz CT molecular complexity index is 1100. The van der Waals surface area contributed by atoms with Crippen LogP contribution in [-0.4, -0.2) is 16.2 Å². The maximum absolute atomic E-state index is 11.0. The van der Waals surface area contributed by atoms with E-state index in [0.29, 0.717) is 11.5 Å². The molecule has 0 radical (unpaired) electrons. The molecule has 5 heteroatoms. The van der Waals surface area contributed by atoms with Crippen LogP contribution in [0.5, 0.6) is 17.2 Å². The predicted octanol–water partition coefficient (Wildman–Crippen LogP) is 6.36. The lowest BCUT2D eigenvalue weighted by atomic mass is 10.2. The van der Waals surface area contributed by atoms with Gasteiger partial charge in [0.15, 0.2) is 0 Å². The molecule has 0 fully saturated rings. The van der Waals surface area contributed by atoms with Crippen LogP contribution < -0.4 is 4.74 Å². The van der Waals surface area contributed by atoms with Gasteiger partial charge in [-0.05, 0) is 75.4 Å². The van der Waals surface area contributed by atoms with E-state index in [1.165, 1.54) is 32.9 Å². The van der Waals surface area contributed by atoms with Gasteiger partial charge in [0.1, 0.15) is 22.8 Å². The zero-order chi connectivity index (χ0) is 20.9. The second-order valence-electron chi connectivity index (χ2n) is 6.59. The Hall–Kier alpha value is -3.70. The molecule has 4 aromatic carbocycles. The van der Waals surface area contributed by atoms with Crippen LogP contribution >= 0.6 is 10.9 Å². The van der Waals surface area contributed by atoms with E-state index >= 15 is 0 Å². The average Bonchev–Trinajstić information content (AvgIpc) is 2.76. The summed E-state index contributed by atoms with van der Waals surface area (Å²) in [5, 5.41) is 18.9. The molecule has 4 rings (SSSR count). The molecule has 4 aromatic rings. The number of phenols is 1. The topological polar surface area (TPSA) is 66.8 Å². The number of rotatable bonds is 6. The number of carboxylic acid groups (broad SMARTS) is 1. The van der Waals surface area contributed by atoms with E-state index in [0.717, 1.165) is 0 Å². The Labute approximate surface area is 177 Å². The smallest absolute Gasteiger partial charge is 0.339 e. The van der Waals surface area contributed by atoms with Crippen molar-refractivity contribution < 1.29 is 19.7 Å². The number of carbonyl (C=O) groups is 1. The minimum Gasteiger partial charge on any atom is -0.507 e. The Morgan fingerprint density at radius 2 is 1.17 bits per heavy atom. The van der Waals surface area contributed by atoms with E-state index in [4.69, 9.17) is 9.84 Å². The summed E-state index contributed by atoms with van der Waals surface area (Å²) in [4.78, 5) is 14.8. The third-order valence-corrected chi connectivity index (χ3v) is 7.00. The second kappa shape index (κ2) is 8.76. The highest BCUT2D eigenvalue weighted by Gasteiger charge is 2.13. The molecule has 2 N–H and O–H groups in total. The lowest BCUT2D eigenvalue weighted by Crippen LogP contribution is -1.96. The molecule has 0 atom stereocenters. The minimum absolute atomic E-state index is 0.158. The van der Waals surface area contributed by atoms with E-state index in [9.17, 15) is 9.90 Å². The first-order valence-electron chi connectivity index (χ1n) is 9.36. The van der Waals surface area contributed by atoms with Crippen LogP contribution in [0, 0.1) is 0 Å². The standard InChI is InChI=1S/C25H20O4S/c26-24-17-19(13-16-23(24)25(27)28)29-18-11-14-22(15-12-18)30(20-7-3-1-4-8-20)21-9-5-2-6-10-21/h1-17,26,30H,(H,27,28). The van der Waals surface area contributed by atoms with Gasteiger partial charge in [-0.1, -0.05) is 36.4 Å². The first kappa shape index (κ1) is 19.6. The van der Waals surface area contributed by atoms with Crippen LogP contribution in [0.3, 0.4) is 0 Å². The average molecular weight is 416 g/mol. The fourth-order valence-electron chi connectivity index (χ4n) is 3.16. The van der Waals surface area contributed by atoms with Gasteiger partial charge >= 0.3 is 5.97 Å². The number of thiol groups is 1. The van der Waals surface area contributed by atoms with Crippen LogP contribution in [0.1, 0.15) is 10.4 Å². The molecule has 30 heavy (non-hydrogen) atoms.